The van der Waals surface area contributed by atoms with E-state index >= 15 is 0 Å². The van der Waals surface area contributed by atoms with Gasteiger partial charge in [-0.25, -0.2) is 4.79 Å². The summed E-state index contributed by atoms with van der Waals surface area (Å²) < 4.78 is 19.5. The van der Waals surface area contributed by atoms with Crippen molar-refractivity contribution in [2.45, 2.75) is 45.1 Å². The van der Waals surface area contributed by atoms with Crippen molar-refractivity contribution in [3.05, 3.63) is 60.7 Å². The summed E-state index contributed by atoms with van der Waals surface area (Å²) in [6.45, 7) is 5.46. The molecule has 0 heterocycles. The number of nitrogens with one attached hydrogen (secondary N) is 2. The third kappa shape index (κ3) is 6.28. The van der Waals surface area contributed by atoms with Gasteiger partial charge in [0.15, 0.2) is 12.9 Å². The first-order valence-corrected chi connectivity index (χ1v) is 11.9. The largest absolute Gasteiger partial charge is 0.444 e. The van der Waals surface area contributed by atoms with Crippen LogP contribution >= 0.6 is 7.14 Å². The Kier molecular flexibility index (Phi) is 8.36. The lowest BCUT2D eigenvalue weighted by Gasteiger charge is -2.29. The number of alkyl carbamates (subject to hydrolysis) is 1. The monoisotopic (exact) mass is 460 g/mol. The smallest absolute Gasteiger partial charge is 0.408 e. The number of hydrogen-bond acceptors (Lipinski definition) is 6. The minimum atomic E-state index is -3.67. The highest BCUT2D eigenvalue weighted by Gasteiger charge is 2.41. The number of hydrogen-bond donors (Lipinski definition) is 3. The molecular weight excluding hydrogens is 431 g/mol. The summed E-state index contributed by atoms with van der Waals surface area (Å²) in [6, 6.07) is 15.5. The quantitative estimate of drug-likeness (QED) is 0.518. The molecule has 2 aromatic carbocycles. The van der Waals surface area contributed by atoms with Crippen molar-refractivity contribution in [2.75, 3.05) is 6.61 Å². The summed E-state index contributed by atoms with van der Waals surface area (Å²) in [5, 5.41) is 15.2. The van der Waals surface area contributed by atoms with Crippen LogP contribution in [0.5, 0.6) is 0 Å². The lowest BCUT2D eigenvalue weighted by molar-refractivity contribution is -0.127. The third-order valence-electron chi connectivity index (χ3n) is 4.50. The number of ketones is 1. The average Bonchev–Trinajstić information content (AvgIpc) is 2.75. The molecule has 0 bridgehead atoms. The molecule has 0 aliphatic rings. The van der Waals surface area contributed by atoms with E-state index in [1.165, 1.54) is 6.92 Å². The second-order valence-corrected chi connectivity index (χ2v) is 11.1. The maximum Gasteiger partial charge on any atom is 0.408 e. The van der Waals surface area contributed by atoms with Gasteiger partial charge in [-0.15, -0.1) is 0 Å². The van der Waals surface area contributed by atoms with Crippen molar-refractivity contribution in [1.29, 1.82) is 0 Å². The van der Waals surface area contributed by atoms with E-state index in [-0.39, 0.29) is 0 Å². The zero-order valence-corrected chi connectivity index (χ0v) is 19.5. The Balaban J connectivity index is 2.39. The minimum Gasteiger partial charge on any atom is -0.444 e. The van der Waals surface area contributed by atoms with Crippen LogP contribution in [0, 0.1) is 0 Å². The van der Waals surface area contributed by atoms with Gasteiger partial charge >= 0.3 is 6.09 Å². The topological polar surface area (TPSA) is 122 Å². The molecule has 2 amide bonds. The molecule has 0 aromatic heterocycles. The van der Waals surface area contributed by atoms with Crippen molar-refractivity contribution in [2.24, 2.45) is 0 Å². The third-order valence-corrected chi connectivity index (χ3v) is 7.85. The molecule has 2 aromatic rings. The summed E-state index contributed by atoms with van der Waals surface area (Å²) in [4.78, 5) is 37.6. The van der Waals surface area contributed by atoms with Gasteiger partial charge in [0.2, 0.25) is 5.91 Å². The summed E-state index contributed by atoms with van der Waals surface area (Å²) in [5.41, 5.74) is -0.807. The number of carbonyl (C=O) groups excluding carboxylic acids is 3. The molecule has 172 valence electrons. The van der Waals surface area contributed by atoms with Crippen LogP contribution in [0.15, 0.2) is 60.7 Å². The molecule has 1 unspecified atom stereocenters. The zero-order chi connectivity index (χ0) is 23.9. The van der Waals surface area contributed by atoms with Gasteiger partial charge in [0, 0.05) is 10.6 Å². The highest BCUT2D eigenvalue weighted by atomic mass is 31.2. The Morgan fingerprint density at radius 2 is 1.41 bits per heavy atom. The average molecular weight is 460 g/mol. The molecule has 9 heteroatoms. The number of benzene rings is 2. The van der Waals surface area contributed by atoms with E-state index in [0.29, 0.717) is 10.6 Å². The van der Waals surface area contributed by atoms with Crippen LogP contribution in [-0.4, -0.2) is 46.9 Å². The van der Waals surface area contributed by atoms with Crippen molar-refractivity contribution >= 4 is 35.5 Å². The molecule has 8 nitrogen and oxygen atoms in total. The number of aliphatic hydroxyl groups is 1. The van der Waals surface area contributed by atoms with Crippen LogP contribution in [0.1, 0.15) is 27.7 Å². The fourth-order valence-electron chi connectivity index (χ4n) is 3.07. The highest BCUT2D eigenvalue weighted by molar-refractivity contribution is 7.80. The van der Waals surface area contributed by atoms with Crippen LogP contribution in [0.2, 0.25) is 0 Å². The maximum atomic E-state index is 14.4. The first kappa shape index (κ1) is 25.3. The van der Waals surface area contributed by atoms with E-state index in [9.17, 15) is 24.1 Å². The molecule has 2 rings (SSSR count). The second-order valence-electron chi connectivity index (χ2n) is 8.23. The SMILES string of the molecule is CC(=O)C(NC(=O)[C@@H](CO)NC(=O)OC(C)(C)C)P(=O)(c1ccccc1)c1ccccc1. The van der Waals surface area contributed by atoms with E-state index in [1.54, 1.807) is 81.4 Å². The van der Waals surface area contributed by atoms with Crippen LogP contribution < -0.4 is 21.2 Å². The standard InChI is InChI=1S/C23H29N2O6P/c1-16(27)21(25-20(28)19(15-26)24-22(29)31-23(2,3)4)32(30,17-11-7-5-8-12-17)18-13-9-6-10-14-18/h5-14,19,21,26H,15H2,1-4H3,(H,24,29)(H,25,28)/t19-,21?/m1/s1. The maximum absolute atomic E-state index is 14.4. The molecule has 0 spiro atoms. The van der Waals surface area contributed by atoms with Gasteiger partial charge in [0.05, 0.1) is 6.61 Å². The van der Waals surface area contributed by atoms with Crippen LogP contribution in [0.4, 0.5) is 4.79 Å². The Labute approximate surface area is 187 Å². The van der Waals surface area contributed by atoms with E-state index < -0.39 is 49.0 Å². The van der Waals surface area contributed by atoms with Gasteiger partial charge in [0.25, 0.3) is 0 Å². The van der Waals surface area contributed by atoms with Crippen LogP contribution in [-0.2, 0) is 18.9 Å². The lowest BCUT2D eigenvalue weighted by atomic mass is 10.2. The fourth-order valence-corrected chi connectivity index (χ4v) is 6.02. The Morgan fingerprint density at radius 1 is 0.938 bits per heavy atom. The predicted octanol–water partition coefficient (Wildman–Crippen LogP) is 1.92. The van der Waals surface area contributed by atoms with Crippen molar-refractivity contribution in [1.82, 2.24) is 10.6 Å². The van der Waals surface area contributed by atoms with Gasteiger partial charge in [-0.3, -0.25) is 9.59 Å². The Hall–Kier alpha value is -2.96. The molecule has 0 aliphatic heterocycles. The molecule has 0 saturated heterocycles. The Bertz CT molecular complexity index is 945. The van der Waals surface area contributed by atoms with Gasteiger partial charge in [-0.05, 0) is 27.7 Å². The molecule has 0 aliphatic carbocycles. The summed E-state index contributed by atoms with van der Waals surface area (Å²) >= 11 is 0. The molecule has 32 heavy (non-hydrogen) atoms. The van der Waals surface area contributed by atoms with E-state index in [2.05, 4.69) is 10.6 Å². The molecular formula is C23H29N2O6P. The number of ether oxygens (including phenoxy) is 1. The van der Waals surface area contributed by atoms with E-state index in [0.717, 1.165) is 0 Å². The highest BCUT2D eigenvalue weighted by Crippen LogP contribution is 2.47. The van der Waals surface area contributed by atoms with Gasteiger partial charge in [0.1, 0.15) is 17.4 Å². The molecule has 2 atom stereocenters. The summed E-state index contributed by atoms with van der Waals surface area (Å²) in [6.07, 6.45) is -0.902. The lowest BCUT2D eigenvalue weighted by Crippen LogP contribution is -2.54. The number of amides is 2. The number of rotatable bonds is 8. The van der Waals surface area contributed by atoms with E-state index in [1.807, 2.05) is 0 Å². The summed E-state index contributed by atoms with van der Waals surface area (Å²) in [7, 11) is -3.67. The van der Waals surface area contributed by atoms with Crippen LogP contribution in [0.25, 0.3) is 0 Å². The number of carbonyl (C=O) groups is 3. The second kappa shape index (κ2) is 10.6. The van der Waals surface area contributed by atoms with Crippen molar-refractivity contribution in [3.8, 4) is 0 Å². The minimum absolute atomic E-state index is 0.396. The Morgan fingerprint density at radius 3 is 1.78 bits per heavy atom. The van der Waals surface area contributed by atoms with Gasteiger partial charge in [-0.2, -0.15) is 0 Å². The molecule has 3 N–H and O–H groups in total. The van der Waals surface area contributed by atoms with Crippen molar-refractivity contribution in [3.63, 3.8) is 0 Å². The van der Waals surface area contributed by atoms with Crippen molar-refractivity contribution < 1.29 is 28.8 Å². The number of Topliss-reactive ketones (excluding diaryl/α,β-unsaturated/α-hetero) is 1. The molecule has 0 radical (unpaired) electrons. The summed E-state index contributed by atoms with van der Waals surface area (Å²) in [5.74, 6) is -2.77. The van der Waals surface area contributed by atoms with E-state index in [4.69, 9.17) is 4.74 Å². The van der Waals surface area contributed by atoms with Crippen LogP contribution in [0.3, 0.4) is 0 Å². The zero-order valence-electron chi connectivity index (χ0n) is 18.6. The van der Waals surface area contributed by atoms with Gasteiger partial charge < -0.3 is 25.0 Å². The number of aliphatic hydroxyl groups excluding tert-OH is 1. The molecule has 0 saturated carbocycles. The predicted molar refractivity (Wildman–Crippen MR) is 123 cm³/mol. The normalized spacial score (nSPS) is 13.5. The van der Waals surface area contributed by atoms with Gasteiger partial charge in [-0.1, -0.05) is 60.7 Å². The molecule has 0 fully saturated rings. The first-order valence-electron chi connectivity index (χ1n) is 10.1. The fraction of sp³-hybridized carbons (Fsp3) is 0.348. The first-order chi connectivity index (χ1) is 15.0.